The first-order valence-electron chi connectivity index (χ1n) is 8.17. The van der Waals surface area contributed by atoms with Gasteiger partial charge in [0, 0.05) is 32.4 Å². The van der Waals surface area contributed by atoms with E-state index < -0.39 is 18.0 Å². The van der Waals surface area contributed by atoms with Crippen molar-refractivity contribution in [2.45, 2.75) is 0 Å². The lowest BCUT2D eigenvalue weighted by Crippen LogP contribution is -2.47. The molecule has 1 N–H and O–H groups in total. The molecule has 1 heterocycles. The number of carbonyl (C=O) groups excluding carboxylic acids is 3. The summed E-state index contributed by atoms with van der Waals surface area (Å²) in [5.41, 5.74) is 0.338. The van der Waals surface area contributed by atoms with Gasteiger partial charge in [0.1, 0.15) is 11.6 Å². The van der Waals surface area contributed by atoms with Crippen molar-refractivity contribution in [2.24, 2.45) is 0 Å². The third kappa shape index (κ3) is 4.98. The first-order valence-corrected chi connectivity index (χ1v) is 8.17. The zero-order valence-corrected chi connectivity index (χ0v) is 15.1. The number of piperazine rings is 1. The predicted molar refractivity (Wildman–Crippen MR) is 95.7 cm³/mol. The fourth-order valence-corrected chi connectivity index (χ4v) is 2.55. The molecule has 9 nitrogen and oxygen atoms in total. The van der Waals surface area contributed by atoms with Gasteiger partial charge in [0.2, 0.25) is 0 Å². The summed E-state index contributed by atoms with van der Waals surface area (Å²) < 4.78 is 9.36. The van der Waals surface area contributed by atoms with E-state index in [1.165, 1.54) is 26.5 Å². The molecule has 0 aromatic heterocycles. The maximum Gasteiger partial charge on any atom is 0.409 e. The van der Waals surface area contributed by atoms with Gasteiger partial charge in [0.15, 0.2) is 0 Å². The second-order valence-corrected chi connectivity index (χ2v) is 5.64. The first kappa shape index (κ1) is 19.8. The van der Waals surface area contributed by atoms with E-state index in [4.69, 9.17) is 0 Å². The molecule has 2 amide bonds. The molecule has 1 aromatic rings. The average molecular weight is 372 g/mol. The maximum atomic E-state index is 12.4. The normalized spacial score (nSPS) is 14.2. The fraction of sp³-hybridized carbons (Fsp3) is 0.333. The minimum Gasteiger partial charge on any atom is -0.465 e. The number of ether oxygens (including phenoxy) is 2. The Labute approximate surface area is 156 Å². The highest BCUT2D eigenvalue weighted by Gasteiger charge is 2.22. The lowest BCUT2D eigenvalue weighted by molar-refractivity contribution is -0.112. The quantitative estimate of drug-likeness (QED) is 0.480. The van der Waals surface area contributed by atoms with E-state index in [0.717, 1.165) is 0 Å². The molecule has 0 aliphatic carbocycles. The lowest BCUT2D eigenvalue weighted by Gasteiger charge is -2.33. The van der Waals surface area contributed by atoms with Crippen molar-refractivity contribution in [2.75, 3.05) is 45.7 Å². The number of amides is 2. The minimum absolute atomic E-state index is 0.110. The number of esters is 1. The van der Waals surface area contributed by atoms with E-state index in [0.29, 0.717) is 26.2 Å². The Morgan fingerprint density at radius 3 is 2.37 bits per heavy atom. The molecule has 1 fully saturated rings. The van der Waals surface area contributed by atoms with E-state index >= 15 is 0 Å². The van der Waals surface area contributed by atoms with Gasteiger partial charge in [0.05, 0.1) is 25.5 Å². The fourth-order valence-electron chi connectivity index (χ4n) is 2.55. The summed E-state index contributed by atoms with van der Waals surface area (Å²) >= 11 is 0. The summed E-state index contributed by atoms with van der Waals surface area (Å²) in [5.74, 6) is -1.23. The molecule has 27 heavy (non-hydrogen) atoms. The summed E-state index contributed by atoms with van der Waals surface area (Å²) in [6.07, 6.45) is 1.04. The molecule has 0 unspecified atom stereocenters. The molecular weight excluding hydrogens is 352 g/mol. The number of benzene rings is 1. The standard InChI is InChI=1S/C18H20N4O5/c1-26-17(24)14-5-3-4-6-15(14)20-16(23)13(11-19)12-21-7-9-22(10-8-21)18(25)27-2/h3-6,12H,7-10H2,1-2H3,(H,20,23)/b13-12-. The third-order valence-electron chi connectivity index (χ3n) is 4.00. The first-order chi connectivity index (χ1) is 13.0. The van der Waals surface area contributed by atoms with Crippen LogP contribution in [0.25, 0.3) is 0 Å². The Balaban J connectivity index is 2.07. The number of nitrogens with one attached hydrogen (secondary N) is 1. The zero-order chi connectivity index (χ0) is 19.8. The van der Waals surface area contributed by atoms with Crippen LogP contribution < -0.4 is 5.32 Å². The number of hydrogen-bond acceptors (Lipinski definition) is 7. The average Bonchev–Trinajstić information content (AvgIpc) is 2.71. The second kappa shape index (κ2) is 9.24. The number of carbonyl (C=O) groups is 3. The predicted octanol–water partition coefficient (Wildman–Crippen LogP) is 1.20. The van der Waals surface area contributed by atoms with Crippen LogP contribution in [-0.4, -0.2) is 68.2 Å². The minimum atomic E-state index is -0.635. The number of rotatable bonds is 4. The molecule has 0 saturated carbocycles. The van der Waals surface area contributed by atoms with E-state index in [2.05, 4.69) is 14.8 Å². The van der Waals surface area contributed by atoms with E-state index in [9.17, 15) is 19.6 Å². The lowest BCUT2D eigenvalue weighted by atomic mass is 10.1. The van der Waals surface area contributed by atoms with Crippen LogP contribution in [0.15, 0.2) is 36.0 Å². The molecule has 1 aromatic carbocycles. The van der Waals surface area contributed by atoms with Crippen LogP contribution in [0.5, 0.6) is 0 Å². The molecule has 1 saturated heterocycles. The monoisotopic (exact) mass is 372 g/mol. The largest absolute Gasteiger partial charge is 0.465 e. The molecule has 0 spiro atoms. The number of methoxy groups -OCH3 is 2. The van der Waals surface area contributed by atoms with Gasteiger partial charge in [-0.15, -0.1) is 0 Å². The van der Waals surface area contributed by atoms with Crippen LogP contribution in [-0.2, 0) is 14.3 Å². The van der Waals surface area contributed by atoms with Gasteiger partial charge in [0.25, 0.3) is 5.91 Å². The number of para-hydroxylation sites is 1. The highest BCUT2D eigenvalue weighted by Crippen LogP contribution is 2.17. The highest BCUT2D eigenvalue weighted by molar-refractivity contribution is 6.09. The van der Waals surface area contributed by atoms with Gasteiger partial charge >= 0.3 is 12.1 Å². The number of nitriles is 1. The Hall–Kier alpha value is -3.54. The third-order valence-corrected chi connectivity index (χ3v) is 4.00. The van der Waals surface area contributed by atoms with Crippen molar-refractivity contribution in [1.82, 2.24) is 9.80 Å². The number of nitrogens with zero attached hydrogens (tertiary/aromatic N) is 3. The topological polar surface area (TPSA) is 112 Å². The summed E-state index contributed by atoms with van der Waals surface area (Å²) in [7, 11) is 2.56. The van der Waals surface area contributed by atoms with Crippen LogP contribution in [0.1, 0.15) is 10.4 Å². The van der Waals surface area contributed by atoms with Crippen molar-refractivity contribution in [1.29, 1.82) is 5.26 Å². The number of hydrogen-bond donors (Lipinski definition) is 1. The van der Waals surface area contributed by atoms with Crippen molar-refractivity contribution < 1.29 is 23.9 Å². The summed E-state index contributed by atoms with van der Waals surface area (Å²) in [4.78, 5) is 39.0. The maximum absolute atomic E-state index is 12.4. The highest BCUT2D eigenvalue weighted by atomic mass is 16.5. The van der Waals surface area contributed by atoms with Gasteiger partial charge in [-0.3, -0.25) is 4.79 Å². The molecule has 1 aliphatic heterocycles. The Bertz CT molecular complexity index is 791. The van der Waals surface area contributed by atoms with Crippen LogP contribution >= 0.6 is 0 Å². The summed E-state index contributed by atoms with van der Waals surface area (Å²) in [6, 6.07) is 8.23. The molecule has 1 aliphatic rings. The van der Waals surface area contributed by atoms with E-state index in [1.807, 2.05) is 6.07 Å². The molecule has 142 valence electrons. The van der Waals surface area contributed by atoms with Gasteiger partial charge in [-0.05, 0) is 12.1 Å². The molecule has 0 bridgehead atoms. The zero-order valence-electron chi connectivity index (χ0n) is 15.1. The Morgan fingerprint density at radius 2 is 1.78 bits per heavy atom. The molecule has 9 heteroatoms. The second-order valence-electron chi connectivity index (χ2n) is 5.64. The Morgan fingerprint density at radius 1 is 1.11 bits per heavy atom. The summed E-state index contributed by atoms with van der Waals surface area (Å²) in [5, 5.41) is 11.9. The van der Waals surface area contributed by atoms with Gasteiger partial charge in [-0.2, -0.15) is 5.26 Å². The molecular formula is C18H20N4O5. The molecule has 0 radical (unpaired) electrons. The van der Waals surface area contributed by atoms with Crippen molar-refractivity contribution >= 4 is 23.7 Å². The van der Waals surface area contributed by atoms with Crippen molar-refractivity contribution in [3.8, 4) is 6.07 Å². The van der Waals surface area contributed by atoms with Crippen molar-refractivity contribution in [3.05, 3.63) is 41.6 Å². The van der Waals surface area contributed by atoms with Gasteiger partial charge in [-0.1, -0.05) is 12.1 Å². The van der Waals surface area contributed by atoms with E-state index in [-0.39, 0.29) is 16.8 Å². The van der Waals surface area contributed by atoms with E-state index in [1.54, 1.807) is 28.0 Å². The smallest absolute Gasteiger partial charge is 0.409 e. The van der Waals surface area contributed by atoms with Crippen molar-refractivity contribution in [3.63, 3.8) is 0 Å². The number of anilines is 1. The van der Waals surface area contributed by atoms with Gasteiger partial charge in [-0.25, -0.2) is 9.59 Å². The van der Waals surface area contributed by atoms with Crippen LogP contribution in [0.3, 0.4) is 0 Å². The van der Waals surface area contributed by atoms with Crippen LogP contribution in [0, 0.1) is 11.3 Å². The van der Waals surface area contributed by atoms with Gasteiger partial charge < -0.3 is 24.6 Å². The molecule has 0 atom stereocenters. The van der Waals surface area contributed by atoms with Crippen LogP contribution in [0.2, 0.25) is 0 Å². The molecule has 2 rings (SSSR count). The summed E-state index contributed by atoms with van der Waals surface area (Å²) in [6.45, 7) is 1.78. The SMILES string of the molecule is COC(=O)c1ccccc1NC(=O)/C(C#N)=C\N1CCN(C(=O)OC)CC1. The van der Waals surface area contributed by atoms with Crippen LogP contribution in [0.4, 0.5) is 10.5 Å². The Kier molecular flexibility index (Phi) is 6.77.